The third kappa shape index (κ3) is 3.38. The van der Waals surface area contributed by atoms with Crippen LogP contribution in [0, 0.1) is 0 Å². The van der Waals surface area contributed by atoms with Gasteiger partial charge in [0.25, 0.3) is 0 Å². The van der Waals surface area contributed by atoms with Crippen LogP contribution in [0.1, 0.15) is 42.5 Å². The molecule has 1 N–H and O–H groups in total. The van der Waals surface area contributed by atoms with Crippen molar-refractivity contribution in [3.8, 4) is 0 Å². The fourth-order valence-electron chi connectivity index (χ4n) is 4.02. The van der Waals surface area contributed by atoms with E-state index in [0.717, 1.165) is 23.2 Å². The quantitative estimate of drug-likeness (QED) is 0.694. The standard InChI is InChI=1S/C23H25N3O/c1-2-26(21-12-13-21)22(18-8-4-3-5-9-18)23(27,19-10-6-14-24-16-19)20-11-7-15-25-17-20/h3-11,14-17,21-22,27H,2,12-13H2,1H3. The van der Waals surface area contributed by atoms with Gasteiger partial charge in [0.2, 0.25) is 0 Å². The number of likely N-dealkylation sites (N-methyl/N-ethyl adjacent to an activating group) is 1. The van der Waals surface area contributed by atoms with Gasteiger partial charge < -0.3 is 5.11 Å². The molecule has 1 aliphatic rings. The fourth-order valence-corrected chi connectivity index (χ4v) is 4.02. The van der Waals surface area contributed by atoms with Gasteiger partial charge in [-0.3, -0.25) is 14.9 Å². The van der Waals surface area contributed by atoms with Gasteiger partial charge in [-0.2, -0.15) is 0 Å². The molecule has 0 aliphatic heterocycles. The molecule has 0 saturated heterocycles. The van der Waals surface area contributed by atoms with Gasteiger partial charge in [0.05, 0.1) is 6.04 Å². The first-order chi connectivity index (χ1) is 13.2. The van der Waals surface area contributed by atoms with Crippen LogP contribution in [0.3, 0.4) is 0 Å². The number of rotatable bonds is 7. The lowest BCUT2D eigenvalue weighted by molar-refractivity contribution is -0.0257. The van der Waals surface area contributed by atoms with E-state index in [1.165, 1.54) is 12.8 Å². The molecular formula is C23H25N3O. The first-order valence-electron chi connectivity index (χ1n) is 9.59. The Bertz CT molecular complexity index is 811. The van der Waals surface area contributed by atoms with E-state index in [-0.39, 0.29) is 6.04 Å². The van der Waals surface area contributed by atoms with Crippen LogP contribution in [0.25, 0.3) is 0 Å². The minimum absolute atomic E-state index is 0.218. The van der Waals surface area contributed by atoms with Gasteiger partial charge in [0.15, 0.2) is 0 Å². The minimum Gasteiger partial charge on any atom is -0.378 e. The second-order valence-corrected chi connectivity index (χ2v) is 7.12. The molecule has 1 aliphatic carbocycles. The molecule has 0 amide bonds. The summed E-state index contributed by atoms with van der Waals surface area (Å²) in [6, 6.07) is 18.3. The second kappa shape index (κ2) is 7.59. The summed E-state index contributed by atoms with van der Waals surface area (Å²) in [5.74, 6) is 0. The first-order valence-corrected chi connectivity index (χ1v) is 9.59. The molecule has 0 spiro atoms. The van der Waals surface area contributed by atoms with Gasteiger partial charge in [-0.25, -0.2) is 0 Å². The smallest absolute Gasteiger partial charge is 0.137 e. The van der Waals surface area contributed by atoms with Crippen molar-refractivity contribution in [2.45, 2.75) is 37.5 Å². The van der Waals surface area contributed by atoms with Crippen LogP contribution in [0.2, 0.25) is 0 Å². The maximum atomic E-state index is 12.3. The third-order valence-corrected chi connectivity index (χ3v) is 5.43. The van der Waals surface area contributed by atoms with Crippen molar-refractivity contribution in [1.82, 2.24) is 14.9 Å². The molecule has 27 heavy (non-hydrogen) atoms. The van der Waals surface area contributed by atoms with Crippen molar-refractivity contribution in [3.63, 3.8) is 0 Å². The predicted octanol–water partition coefficient (Wildman–Crippen LogP) is 3.94. The number of aliphatic hydroxyl groups is 1. The number of pyridine rings is 2. The molecule has 2 heterocycles. The van der Waals surface area contributed by atoms with E-state index in [9.17, 15) is 5.11 Å². The predicted molar refractivity (Wildman–Crippen MR) is 106 cm³/mol. The van der Waals surface area contributed by atoms with Crippen LogP contribution in [-0.4, -0.2) is 32.6 Å². The minimum atomic E-state index is -1.25. The van der Waals surface area contributed by atoms with Crippen LogP contribution in [-0.2, 0) is 5.60 Å². The first kappa shape index (κ1) is 17.8. The Labute approximate surface area is 160 Å². The molecule has 1 unspecified atom stereocenters. The Morgan fingerprint density at radius 1 is 0.963 bits per heavy atom. The summed E-state index contributed by atoms with van der Waals surface area (Å²) in [4.78, 5) is 11.0. The zero-order valence-electron chi connectivity index (χ0n) is 15.6. The molecule has 1 aromatic carbocycles. The summed E-state index contributed by atoms with van der Waals surface area (Å²) in [6.45, 7) is 3.04. The van der Waals surface area contributed by atoms with Crippen molar-refractivity contribution < 1.29 is 5.11 Å². The molecule has 2 aromatic heterocycles. The summed E-state index contributed by atoms with van der Waals surface area (Å²) in [5.41, 5.74) is 1.42. The van der Waals surface area contributed by atoms with Gasteiger partial charge >= 0.3 is 0 Å². The number of aromatic nitrogens is 2. The maximum absolute atomic E-state index is 12.3. The summed E-state index contributed by atoms with van der Waals surface area (Å²) in [6.07, 6.45) is 9.36. The van der Waals surface area contributed by atoms with Crippen LogP contribution >= 0.6 is 0 Å². The third-order valence-electron chi connectivity index (χ3n) is 5.43. The Balaban J connectivity index is 1.94. The summed E-state index contributed by atoms with van der Waals surface area (Å²) in [5, 5.41) is 12.3. The summed E-state index contributed by atoms with van der Waals surface area (Å²) >= 11 is 0. The SMILES string of the molecule is CCN(C1CC1)C(c1ccccc1)C(O)(c1cccnc1)c1cccnc1. The van der Waals surface area contributed by atoms with E-state index in [1.807, 2.05) is 42.5 Å². The maximum Gasteiger partial charge on any atom is 0.137 e. The van der Waals surface area contributed by atoms with Crippen LogP contribution in [0.4, 0.5) is 0 Å². The van der Waals surface area contributed by atoms with Gasteiger partial charge in [-0.15, -0.1) is 0 Å². The number of hydrogen-bond donors (Lipinski definition) is 1. The summed E-state index contributed by atoms with van der Waals surface area (Å²) < 4.78 is 0. The number of hydrogen-bond acceptors (Lipinski definition) is 4. The van der Waals surface area contributed by atoms with Crippen molar-refractivity contribution in [3.05, 3.63) is 96.1 Å². The van der Waals surface area contributed by atoms with E-state index in [4.69, 9.17) is 0 Å². The Hall–Kier alpha value is -2.56. The lowest BCUT2D eigenvalue weighted by Crippen LogP contribution is -2.46. The van der Waals surface area contributed by atoms with Crippen LogP contribution in [0.15, 0.2) is 79.4 Å². The van der Waals surface area contributed by atoms with E-state index in [1.54, 1.807) is 24.8 Å². The molecule has 138 valence electrons. The average molecular weight is 359 g/mol. The number of benzene rings is 1. The fraction of sp³-hybridized carbons (Fsp3) is 0.304. The molecule has 4 heteroatoms. The molecule has 1 fully saturated rings. The molecule has 0 bridgehead atoms. The van der Waals surface area contributed by atoms with Crippen molar-refractivity contribution in [1.29, 1.82) is 0 Å². The highest BCUT2D eigenvalue weighted by molar-refractivity contribution is 5.39. The molecule has 4 nitrogen and oxygen atoms in total. The highest BCUT2D eigenvalue weighted by Gasteiger charge is 2.48. The van der Waals surface area contributed by atoms with Gasteiger partial charge in [0.1, 0.15) is 5.60 Å². The van der Waals surface area contributed by atoms with Crippen molar-refractivity contribution >= 4 is 0 Å². The average Bonchev–Trinajstić information content (AvgIpc) is 3.58. The van der Waals surface area contributed by atoms with E-state index in [0.29, 0.717) is 6.04 Å². The normalized spacial score (nSPS) is 15.7. The highest BCUT2D eigenvalue weighted by atomic mass is 16.3. The van der Waals surface area contributed by atoms with Crippen LogP contribution < -0.4 is 0 Å². The zero-order chi connectivity index (χ0) is 18.7. The molecular weight excluding hydrogens is 334 g/mol. The Kier molecular flexibility index (Phi) is 5.01. The van der Waals surface area contributed by atoms with Gasteiger partial charge in [0, 0.05) is 42.0 Å². The van der Waals surface area contributed by atoms with Crippen molar-refractivity contribution in [2.24, 2.45) is 0 Å². The molecule has 3 aromatic rings. The number of nitrogens with zero attached hydrogens (tertiary/aromatic N) is 3. The lowest BCUT2D eigenvalue weighted by Gasteiger charge is -2.43. The van der Waals surface area contributed by atoms with E-state index in [2.05, 4.69) is 33.9 Å². The molecule has 0 radical (unpaired) electrons. The molecule has 1 saturated carbocycles. The lowest BCUT2D eigenvalue weighted by atomic mass is 9.77. The monoisotopic (exact) mass is 359 g/mol. The van der Waals surface area contributed by atoms with Gasteiger partial charge in [-0.1, -0.05) is 49.4 Å². The Morgan fingerprint density at radius 2 is 1.56 bits per heavy atom. The largest absolute Gasteiger partial charge is 0.378 e. The van der Waals surface area contributed by atoms with E-state index < -0.39 is 5.60 Å². The summed E-state index contributed by atoms with van der Waals surface area (Å²) in [7, 11) is 0. The second-order valence-electron chi connectivity index (χ2n) is 7.12. The highest BCUT2D eigenvalue weighted by Crippen LogP contribution is 2.47. The zero-order valence-corrected chi connectivity index (χ0v) is 15.6. The van der Waals surface area contributed by atoms with Gasteiger partial charge in [-0.05, 0) is 37.1 Å². The topological polar surface area (TPSA) is 49.2 Å². The molecule has 1 atom stereocenters. The van der Waals surface area contributed by atoms with Crippen molar-refractivity contribution in [2.75, 3.05) is 6.54 Å². The molecule has 4 rings (SSSR count). The Morgan fingerprint density at radius 3 is 2.00 bits per heavy atom. The van der Waals surface area contributed by atoms with Crippen LogP contribution in [0.5, 0.6) is 0 Å². The van der Waals surface area contributed by atoms with E-state index >= 15 is 0 Å².